The molecular weight excluding hydrogens is 218 g/mol. The van der Waals surface area contributed by atoms with Crippen LogP contribution in [-0.4, -0.2) is 42.6 Å². The molecule has 0 fully saturated rings. The van der Waals surface area contributed by atoms with Gasteiger partial charge in [0.1, 0.15) is 18.5 Å². The highest BCUT2D eigenvalue weighted by Crippen LogP contribution is 2.13. The van der Waals surface area contributed by atoms with Gasteiger partial charge >= 0.3 is 0 Å². The first-order chi connectivity index (χ1) is 8.26. The Kier molecular flexibility index (Phi) is 6.62. The average Bonchev–Trinajstić information content (AvgIpc) is 2.37. The molecule has 1 unspecified atom stereocenters. The Bertz CT molecular complexity index is 317. The molecule has 0 aliphatic heterocycles. The number of ether oxygens (including phenoxy) is 1. The second-order valence-corrected chi connectivity index (χ2v) is 3.89. The van der Waals surface area contributed by atoms with E-state index in [4.69, 9.17) is 9.84 Å². The number of hydrogen-bond donors (Lipinski definition) is 3. The third kappa shape index (κ3) is 5.68. The molecule has 0 radical (unpaired) electrons. The van der Waals surface area contributed by atoms with Crippen molar-refractivity contribution >= 4 is 0 Å². The smallest absolute Gasteiger partial charge is 0.119 e. The first kappa shape index (κ1) is 14.0. The summed E-state index contributed by atoms with van der Waals surface area (Å²) in [7, 11) is 0. The van der Waals surface area contributed by atoms with Crippen molar-refractivity contribution in [1.29, 1.82) is 0 Å². The number of benzene rings is 1. The Morgan fingerprint density at radius 2 is 2.24 bits per heavy atom. The SMILES string of the molecule is CCc1cccc(OCC(O)CNCCO)c1. The molecule has 0 aliphatic rings. The zero-order valence-electron chi connectivity index (χ0n) is 10.2. The van der Waals surface area contributed by atoms with Crippen molar-refractivity contribution in [1.82, 2.24) is 5.32 Å². The summed E-state index contributed by atoms with van der Waals surface area (Å²) in [5.74, 6) is 0.783. The summed E-state index contributed by atoms with van der Waals surface area (Å²) in [5, 5.41) is 21.1. The molecule has 0 saturated heterocycles. The molecule has 0 amide bonds. The Morgan fingerprint density at radius 3 is 2.94 bits per heavy atom. The van der Waals surface area contributed by atoms with E-state index in [-0.39, 0.29) is 13.2 Å². The minimum absolute atomic E-state index is 0.0755. The van der Waals surface area contributed by atoms with Crippen LogP contribution in [0.5, 0.6) is 5.75 Å². The number of nitrogens with one attached hydrogen (secondary N) is 1. The molecular formula is C13H21NO3. The van der Waals surface area contributed by atoms with Gasteiger partial charge in [-0.25, -0.2) is 0 Å². The van der Waals surface area contributed by atoms with Crippen LogP contribution in [0.1, 0.15) is 12.5 Å². The van der Waals surface area contributed by atoms with E-state index in [9.17, 15) is 5.11 Å². The summed E-state index contributed by atoms with van der Waals surface area (Å²) >= 11 is 0. The maximum Gasteiger partial charge on any atom is 0.119 e. The van der Waals surface area contributed by atoms with Gasteiger partial charge < -0.3 is 20.3 Å². The van der Waals surface area contributed by atoms with Crippen molar-refractivity contribution < 1.29 is 14.9 Å². The van der Waals surface area contributed by atoms with E-state index in [2.05, 4.69) is 12.2 Å². The first-order valence-electron chi connectivity index (χ1n) is 5.97. The van der Waals surface area contributed by atoms with Crippen LogP contribution in [-0.2, 0) is 6.42 Å². The number of aliphatic hydroxyl groups is 2. The van der Waals surface area contributed by atoms with Gasteiger partial charge in [0, 0.05) is 13.1 Å². The summed E-state index contributed by atoms with van der Waals surface area (Å²) in [4.78, 5) is 0. The van der Waals surface area contributed by atoms with E-state index in [0.717, 1.165) is 12.2 Å². The molecule has 0 spiro atoms. The van der Waals surface area contributed by atoms with Crippen molar-refractivity contribution in [2.24, 2.45) is 0 Å². The van der Waals surface area contributed by atoms with Gasteiger partial charge in [0.25, 0.3) is 0 Å². The molecule has 0 heterocycles. The lowest BCUT2D eigenvalue weighted by molar-refractivity contribution is 0.105. The molecule has 0 aromatic heterocycles. The van der Waals surface area contributed by atoms with Crippen LogP contribution < -0.4 is 10.1 Å². The van der Waals surface area contributed by atoms with Crippen molar-refractivity contribution in [3.05, 3.63) is 29.8 Å². The Hall–Kier alpha value is -1.10. The third-order valence-corrected chi connectivity index (χ3v) is 2.42. The molecule has 4 heteroatoms. The molecule has 0 aliphatic carbocycles. The quantitative estimate of drug-likeness (QED) is 0.580. The lowest BCUT2D eigenvalue weighted by atomic mass is 10.2. The van der Waals surface area contributed by atoms with Gasteiger partial charge in [-0.3, -0.25) is 0 Å². The maximum atomic E-state index is 9.59. The molecule has 0 bridgehead atoms. The number of rotatable bonds is 8. The Morgan fingerprint density at radius 1 is 1.41 bits per heavy atom. The van der Waals surface area contributed by atoms with Crippen LogP contribution in [0, 0.1) is 0 Å². The lowest BCUT2D eigenvalue weighted by Gasteiger charge is -2.13. The molecule has 3 N–H and O–H groups in total. The van der Waals surface area contributed by atoms with Crippen LogP contribution in [0.15, 0.2) is 24.3 Å². The second kappa shape index (κ2) is 8.06. The fourth-order valence-electron chi connectivity index (χ4n) is 1.45. The van der Waals surface area contributed by atoms with Gasteiger partial charge in [-0.05, 0) is 24.1 Å². The van der Waals surface area contributed by atoms with Gasteiger partial charge in [-0.2, -0.15) is 0 Å². The Labute approximate surface area is 102 Å². The summed E-state index contributed by atoms with van der Waals surface area (Å²) in [5.41, 5.74) is 1.22. The second-order valence-electron chi connectivity index (χ2n) is 3.89. The van der Waals surface area contributed by atoms with E-state index >= 15 is 0 Å². The molecule has 96 valence electrons. The zero-order valence-corrected chi connectivity index (χ0v) is 10.2. The largest absolute Gasteiger partial charge is 0.491 e. The van der Waals surface area contributed by atoms with Gasteiger partial charge in [-0.1, -0.05) is 19.1 Å². The lowest BCUT2D eigenvalue weighted by Crippen LogP contribution is -2.32. The minimum Gasteiger partial charge on any atom is -0.491 e. The topological polar surface area (TPSA) is 61.7 Å². The Balaban J connectivity index is 2.28. The summed E-state index contributed by atoms with van der Waals surface area (Å²) in [6.45, 7) is 3.33. The van der Waals surface area contributed by atoms with Gasteiger partial charge in [0.2, 0.25) is 0 Å². The predicted molar refractivity (Wildman–Crippen MR) is 67.3 cm³/mol. The maximum absolute atomic E-state index is 9.59. The van der Waals surface area contributed by atoms with Crippen molar-refractivity contribution in [2.75, 3.05) is 26.3 Å². The molecule has 4 nitrogen and oxygen atoms in total. The van der Waals surface area contributed by atoms with Crippen LogP contribution >= 0.6 is 0 Å². The van der Waals surface area contributed by atoms with E-state index < -0.39 is 6.10 Å². The highest BCUT2D eigenvalue weighted by Gasteiger charge is 2.04. The highest BCUT2D eigenvalue weighted by atomic mass is 16.5. The fourth-order valence-corrected chi connectivity index (χ4v) is 1.45. The highest BCUT2D eigenvalue weighted by molar-refractivity contribution is 5.28. The standard InChI is InChI=1S/C13H21NO3/c1-2-11-4-3-5-13(8-11)17-10-12(16)9-14-6-7-15/h3-5,8,12,14-16H,2,6-7,9-10H2,1H3. The third-order valence-electron chi connectivity index (χ3n) is 2.42. The molecule has 1 atom stereocenters. The van der Waals surface area contributed by atoms with E-state index in [1.165, 1.54) is 5.56 Å². The van der Waals surface area contributed by atoms with Crippen LogP contribution in [0.2, 0.25) is 0 Å². The fraction of sp³-hybridized carbons (Fsp3) is 0.538. The van der Waals surface area contributed by atoms with E-state index in [1.54, 1.807) is 0 Å². The summed E-state index contributed by atoms with van der Waals surface area (Å²) < 4.78 is 5.49. The molecule has 1 aromatic rings. The first-order valence-corrected chi connectivity index (χ1v) is 5.97. The molecule has 17 heavy (non-hydrogen) atoms. The molecule has 1 rings (SSSR count). The number of aryl methyl sites for hydroxylation is 1. The normalized spacial score (nSPS) is 12.4. The van der Waals surface area contributed by atoms with E-state index in [0.29, 0.717) is 13.1 Å². The van der Waals surface area contributed by atoms with Crippen molar-refractivity contribution in [3.8, 4) is 5.75 Å². The van der Waals surface area contributed by atoms with Crippen LogP contribution in [0.4, 0.5) is 0 Å². The molecule has 0 saturated carbocycles. The van der Waals surface area contributed by atoms with Gasteiger partial charge in [0.15, 0.2) is 0 Å². The number of hydrogen-bond acceptors (Lipinski definition) is 4. The zero-order chi connectivity index (χ0) is 12.5. The van der Waals surface area contributed by atoms with E-state index in [1.807, 2.05) is 24.3 Å². The average molecular weight is 239 g/mol. The number of aliphatic hydroxyl groups excluding tert-OH is 2. The monoisotopic (exact) mass is 239 g/mol. The van der Waals surface area contributed by atoms with Crippen LogP contribution in [0.3, 0.4) is 0 Å². The minimum atomic E-state index is -0.563. The van der Waals surface area contributed by atoms with Crippen molar-refractivity contribution in [3.63, 3.8) is 0 Å². The van der Waals surface area contributed by atoms with Gasteiger partial charge in [0.05, 0.1) is 6.61 Å². The summed E-state index contributed by atoms with van der Waals surface area (Å²) in [6, 6.07) is 7.86. The predicted octanol–water partition coefficient (Wildman–Crippen LogP) is 0.571. The van der Waals surface area contributed by atoms with Crippen LogP contribution in [0.25, 0.3) is 0 Å². The molecule has 1 aromatic carbocycles. The van der Waals surface area contributed by atoms with Gasteiger partial charge in [-0.15, -0.1) is 0 Å². The summed E-state index contributed by atoms with van der Waals surface area (Å²) in [6.07, 6.45) is 0.407. The van der Waals surface area contributed by atoms with Crippen molar-refractivity contribution in [2.45, 2.75) is 19.4 Å².